The lowest BCUT2D eigenvalue weighted by atomic mass is 10.1. The number of rotatable bonds is 6. The van der Waals surface area contributed by atoms with Gasteiger partial charge < -0.3 is 4.74 Å². The van der Waals surface area contributed by atoms with Gasteiger partial charge in [0.25, 0.3) is 10.0 Å². The molecule has 0 bridgehead atoms. The van der Waals surface area contributed by atoms with E-state index in [9.17, 15) is 8.42 Å². The van der Waals surface area contributed by atoms with Crippen LogP contribution in [0, 0.1) is 0 Å². The van der Waals surface area contributed by atoms with Gasteiger partial charge in [0.2, 0.25) is 0 Å². The minimum Gasteiger partial charge on any atom is -0.494 e. The molecule has 0 saturated carbocycles. The fourth-order valence-corrected chi connectivity index (χ4v) is 3.31. The van der Waals surface area contributed by atoms with Crippen molar-refractivity contribution in [3.05, 3.63) is 58.1 Å². The molecule has 128 valence electrons. The van der Waals surface area contributed by atoms with Gasteiger partial charge in [0.15, 0.2) is 0 Å². The van der Waals surface area contributed by atoms with E-state index in [0.29, 0.717) is 33.7 Å². The first-order valence-electron chi connectivity index (χ1n) is 7.08. The number of ether oxygens (including phenoxy) is 1. The number of hydrogen-bond donors (Lipinski definition) is 1. The summed E-state index contributed by atoms with van der Waals surface area (Å²) < 4.78 is 29.8. The summed E-state index contributed by atoms with van der Waals surface area (Å²) in [6.07, 6.45) is 0. The maximum absolute atomic E-state index is 12.3. The molecule has 0 spiro atoms. The third-order valence-electron chi connectivity index (χ3n) is 3.10. The first-order chi connectivity index (χ1) is 11.3. The minimum atomic E-state index is -3.78. The third-order valence-corrected chi connectivity index (χ3v) is 4.87. The molecule has 5 nitrogen and oxygen atoms in total. The Hall–Kier alpha value is -1.76. The van der Waals surface area contributed by atoms with Crippen LogP contribution in [-0.2, 0) is 10.0 Å². The molecule has 1 N–H and O–H groups in total. The van der Waals surface area contributed by atoms with Gasteiger partial charge in [0.05, 0.1) is 22.2 Å². The van der Waals surface area contributed by atoms with Crippen LogP contribution in [0.1, 0.15) is 19.4 Å². The SMILES string of the molecule is CCOc1ccc(S(=O)(=O)N/N=C(\C)c2ccc(Cl)cc2Cl)cc1. The Morgan fingerprint density at radius 1 is 1.17 bits per heavy atom. The van der Waals surface area contributed by atoms with E-state index in [1.54, 1.807) is 37.3 Å². The van der Waals surface area contributed by atoms with Crippen molar-refractivity contribution >= 4 is 38.9 Å². The summed E-state index contributed by atoms with van der Waals surface area (Å²) >= 11 is 11.9. The van der Waals surface area contributed by atoms with Crippen molar-refractivity contribution in [1.82, 2.24) is 4.83 Å². The minimum absolute atomic E-state index is 0.0877. The van der Waals surface area contributed by atoms with Gasteiger partial charge in [-0.05, 0) is 50.2 Å². The van der Waals surface area contributed by atoms with Crippen LogP contribution in [0.15, 0.2) is 52.5 Å². The third kappa shape index (κ3) is 4.63. The van der Waals surface area contributed by atoms with Crippen LogP contribution < -0.4 is 9.57 Å². The highest BCUT2D eigenvalue weighted by Gasteiger charge is 2.14. The van der Waals surface area contributed by atoms with Crippen molar-refractivity contribution in [3.8, 4) is 5.75 Å². The molecule has 0 fully saturated rings. The summed E-state index contributed by atoms with van der Waals surface area (Å²) in [7, 11) is -3.78. The predicted octanol–water partition coefficient (Wildman–Crippen LogP) is 4.09. The van der Waals surface area contributed by atoms with E-state index in [-0.39, 0.29) is 4.90 Å². The number of benzene rings is 2. The van der Waals surface area contributed by atoms with Crippen LogP contribution in [0.25, 0.3) is 0 Å². The van der Waals surface area contributed by atoms with Crippen LogP contribution in [-0.4, -0.2) is 20.7 Å². The molecule has 0 atom stereocenters. The van der Waals surface area contributed by atoms with Crippen molar-refractivity contribution in [1.29, 1.82) is 0 Å². The first kappa shape index (κ1) is 18.6. The summed E-state index contributed by atoms with van der Waals surface area (Å²) in [4.78, 5) is 2.28. The Labute approximate surface area is 151 Å². The molecule has 0 aromatic heterocycles. The van der Waals surface area contributed by atoms with E-state index < -0.39 is 10.0 Å². The quantitative estimate of drug-likeness (QED) is 0.600. The fraction of sp³-hybridized carbons (Fsp3) is 0.188. The van der Waals surface area contributed by atoms with Crippen molar-refractivity contribution < 1.29 is 13.2 Å². The number of hydrazone groups is 1. The summed E-state index contributed by atoms with van der Waals surface area (Å²) in [5.41, 5.74) is 1.02. The molecular formula is C16H16Cl2N2O3S. The monoisotopic (exact) mass is 386 g/mol. The zero-order valence-corrected chi connectivity index (χ0v) is 15.4. The largest absolute Gasteiger partial charge is 0.494 e. The fourth-order valence-electron chi connectivity index (χ4n) is 1.91. The average Bonchev–Trinajstić information content (AvgIpc) is 2.53. The number of nitrogens with zero attached hydrogens (tertiary/aromatic N) is 1. The molecule has 0 amide bonds. The molecule has 0 saturated heterocycles. The molecule has 0 unspecified atom stereocenters. The molecule has 2 aromatic rings. The lowest BCUT2D eigenvalue weighted by Crippen LogP contribution is -2.20. The summed E-state index contributed by atoms with van der Waals surface area (Å²) in [5.74, 6) is 0.601. The van der Waals surface area contributed by atoms with Crippen molar-refractivity contribution in [2.75, 3.05) is 6.61 Å². The molecule has 2 rings (SSSR count). The smallest absolute Gasteiger partial charge is 0.276 e. The Bertz CT molecular complexity index is 850. The van der Waals surface area contributed by atoms with Gasteiger partial charge in [-0.1, -0.05) is 29.3 Å². The Kier molecular flexibility index (Phi) is 6.10. The molecule has 24 heavy (non-hydrogen) atoms. The van der Waals surface area contributed by atoms with Crippen molar-refractivity contribution in [3.63, 3.8) is 0 Å². The average molecular weight is 387 g/mol. The predicted molar refractivity (Wildman–Crippen MR) is 96.6 cm³/mol. The molecule has 0 heterocycles. The van der Waals surface area contributed by atoms with Gasteiger partial charge >= 0.3 is 0 Å². The normalized spacial score (nSPS) is 12.1. The second-order valence-electron chi connectivity index (χ2n) is 4.82. The highest BCUT2D eigenvalue weighted by molar-refractivity contribution is 7.89. The zero-order valence-electron chi connectivity index (χ0n) is 13.1. The number of sulfonamides is 1. The van der Waals surface area contributed by atoms with E-state index in [0.717, 1.165) is 0 Å². The second kappa shape index (κ2) is 7.88. The lowest BCUT2D eigenvalue weighted by Gasteiger charge is -2.08. The van der Waals surface area contributed by atoms with Gasteiger partial charge in [-0.2, -0.15) is 18.4 Å². The van der Waals surface area contributed by atoms with E-state index in [1.165, 1.54) is 12.1 Å². The number of halogens is 2. The van der Waals surface area contributed by atoms with Gasteiger partial charge in [-0.25, -0.2) is 0 Å². The van der Waals surface area contributed by atoms with Gasteiger partial charge in [0.1, 0.15) is 5.75 Å². The summed E-state index contributed by atoms with van der Waals surface area (Å²) in [6, 6.07) is 11.0. The van der Waals surface area contributed by atoms with Crippen LogP contribution in [0.3, 0.4) is 0 Å². The van der Waals surface area contributed by atoms with Crippen LogP contribution in [0.5, 0.6) is 5.75 Å². The van der Waals surface area contributed by atoms with Gasteiger partial charge in [0, 0.05) is 10.6 Å². The highest BCUT2D eigenvalue weighted by atomic mass is 35.5. The molecule has 0 aliphatic rings. The van der Waals surface area contributed by atoms with Crippen molar-refractivity contribution in [2.45, 2.75) is 18.7 Å². The van der Waals surface area contributed by atoms with E-state index in [4.69, 9.17) is 27.9 Å². The Balaban J connectivity index is 2.19. The highest BCUT2D eigenvalue weighted by Crippen LogP contribution is 2.22. The van der Waals surface area contributed by atoms with Crippen LogP contribution in [0.4, 0.5) is 0 Å². The molecule has 0 radical (unpaired) electrons. The molecule has 0 aliphatic carbocycles. The van der Waals surface area contributed by atoms with Crippen LogP contribution in [0.2, 0.25) is 10.0 Å². The first-order valence-corrected chi connectivity index (χ1v) is 9.32. The summed E-state index contributed by atoms with van der Waals surface area (Å²) in [6.45, 7) is 4.01. The van der Waals surface area contributed by atoms with Gasteiger partial charge in [-0.3, -0.25) is 0 Å². The summed E-state index contributed by atoms with van der Waals surface area (Å²) in [5, 5.41) is 4.80. The van der Waals surface area contributed by atoms with E-state index >= 15 is 0 Å². The maximum atomic E-state index is 12.3. The van der Waals surface area contributed by atoms with Crippen LogP contribution >= 0.6 is 23.2 Å². The van der Waals surface area contributed by atoms with Crippen molar-refractivity contribution in [2.24, 2.45) is 5.10 Å². The lowest BCUT2D eigenvalue weighted by molar-refractivity contribution is 0.340. The van der Waals surface area contributed by atoms with Gasteiger partial charge in [-0.15, -0.1) is 0 Å². The molecule has 2 aromatic carbocycles. The maximum Gasteiger partial charge on any atom is 0.276 e. The Morgan fingerprint density at radius 3 is 2.42 bits per heavy atom. The zero-order chi connectivity index (χ0) is 17.7. The molecular weight excluding hydrogens is 371 g/mol. The standard InChI is InChI=1S/C16H16Cl2N2O3S/c1-3-23-13-5-7-14(8-6-13)24(21,22)20-19-11(2)15-9-4-12(17)10-16(15)18/h4-10,20H,3H2,1-2H3/b19-11+. The topological polar surface area (TPSA) is 67.8 Å². The molecule has 8 heteroatoms. The van der Waals surface area contributed by atoms with E-state index in [2.05, 4.69) is 9.93 Å². The number of nitrogens with one attached hydrogen (secondary N) is 1. The Morgan fingerprint density at radius 2 is 1.83 bits per heavy atom. The number of hydrogen-bond acceptors (Lipinski definition) is 4. The second-order valence-corrected chi connectivity index (χ2v) is 7.33. The van der Waals surface area contributed by atoms with E-state index in [1.807, 2.05) is 6.92 Å². The molecule has 0 aliphatic heterocycles.